The van der Waals surface area contributed by atoms with Crippen LogP contribution in [0.2, 0.25) is 6.32 Å². The molecule has 1 heterocycles. The van der Waals surface area contributed by atoms with Gasteiger partial charge in [0.2, 0.25) is 0 Å². The Balaban J connectivity index is 1.82. The van der Waals surface area contributed by atoms with Crippen LogP contribution in [0.4, 0.5) is 4.79 Å². The number of nitrogens with zero attached hydrogens (tertiary/aromatic N) is 1. The lowest BCUT2D eigenvalue weighted by atomic mass is 9.81. The third-order valence-corrected chi connectivity index (χ3v) is 3.89. The zero-order chi connectivity index (χ0) is 15.3. The largest absolute Gasteiger partial charge is 0.445 e. The fraction of sp³-hybridized carbons (Fsp3) is 0.467. The van der Waals surface area contributed by atoms with Gasteiger partial charge >= 0.3 is 6.09 Å². The summed E-state index contributed by atoms with van der Waals surface area (Å²) in [5.74, 6) is -0.153. The number of carbonyl (C=O) groups is 2. The molecule has 0 atom stereocenters. The predicted molar refractivity (Wildman–Crippen MR) is 80.7 cm³/mol. The highest BCUT2D eigenvalue weighted by atomic mass is 16.6. The molecule has 0 saturated carbocycles. The minimum Gasteiger partial charge on any atom is -0.445 e. The molecule has 112 valence electrons. The number of ketones is 1. The van der Waals surface area contributed by atoms with Crippen LogP contribution in [0.5, 0.6) is 0 Å². The van der Waals surface area contributed by atoms with Gasteiger partial charge in [0.25, 0.3) is 0 Å². The summed E-state index contributed by atoms with van der Waals surface area (Å²) in [5.41, 5.74) is -0.342. The molecule has 1 aliphatic heterocycles. The van der Waals surface area contributed by atoms with E-state index in [1.807, 2.05) is 30.3 Å². The monoisotopic (exact) mass is 289 g/mol. The number of hydrogen-bond acceptors (Lipinski definition) is 4. The van der Waals surface area contributed by atoms with Crippen LogP contribution >= 0.6 is 0 Å². The molecule has 1 saturated heterocycles. The molecule has 0 radical (unpaired) electrons. The van der Waals surface area contributed by atoms with Crippen molar-refractivity contribution in [2.45, 2.75) is 31.4 Å². The summed E-state index contributed by atoms with van der Waals surface area (Å²) in [5, 5.41) is 10.2. The highest BCUT2D eigenvalue weighted by Gasteiger charge is 2.39. The average Bonchev–Trinajstić information content (AvgIpc) is 2.53. The smallest absolute Gasteiger partial charge is 0.410 e. The number of carbonyl (C=O) groups excluding carboxylic acids is 2. The normalized spacial score (nSPS) is 17.3. The van der Waals surface area contributed by atoms with Gasteiger partial charge in [-0.05, 0) is 11.9 Å². The number of hydrogen-bond donors (Lipinski definition) is 1. The molecule has 1 fully saturated rings. The van der Waals surface area contributed by atoms with E-state index in [1.165, 1.54) is 0 Å². The molecule has 1 N–H and O–H groups in total. The third-order valence-electron chi connectivity index (χ3n) is 3.89. The Kier molecular flexibility index (Phi) is 5.01. The summed E-state index contributed by atoms with van der Waals surface area (Å²) in [6.07, 6.45) is 0.472. The first kappa shape index (κ1) is 15.6. The minimum absolute atomic E-state index is 0.153. The van der Waals surface area contributed by atoms with Crippen LogP contribution in [-0.4, -0.2) is 48.4 Å². The van der Waals surface area contributed by atoms with Gasteiger partial charge in [0.05, 0.1) is 0 Å². The van der Waals surface area contributed by atoms with Crippen molar-refractivity contribution in [1.29, 1.82) is 0 Å². The zero-order valence-electron chi connectivity index (χ0n) is 12.2. The van der Waals surface area contributed by atoms with Crippen LogP contribution in [0.15, 0.2) is 30.3 Å². The molecular weight excluding hydrogens is 269 g/mol. The van der Waals surface area contributed by atoms with Crippen LogP contribution in [0.3, 0.4) is 0 Å². The van der Waals surface area contributed by atoms with E-state index in [-0.39, 0.29) is 25.2 Å². The minimum atomic E-state index is -1.27. The maximum atomic E-state index is 12.0. The Hall–Kier alpha value is -1.82. The molecule has 0 bridgehead atoms. The standard InChI is InChI=1S/C15H20BNO4/c16-10-13(18)15(20)6-8-17(9-7-15)14(19)21-11-12-4-2-1-3-5-12/h1-5,20H,6-11,16H2. The lowest BCUT2D eigenvalue weighted by Crippen LogP contribution is -2.50. The first-order valence-electron chi connectivity index (χ1n) is 7.26. The predicted octanol–water partition coefficient (Wildman–Crippen LogP) is 0.771. The fourth-order valence-corrected chi connectivity index (χ4v) is 2.48. The van der Waals surface area contributed by atoms with Crippen molar-refractivity contribution in [1.82, 2.24) is 4.90 Å². The summed E-state index contributed by atoms with van der Waals surface area (Å²) < 4.78 is 5.24. The van der Waals surface area contributed by atoms with Crippen molar-refractivity contribution < 1.29 is 19.4 Å². The highest BCUT2D eigenvalue weighted by Crippen LogP contribution is 2.24. The Morgan fingerprint density at radius 3 is 2.43 bits per heavy atom. The van der Waals surface area contributed by atoms with Crippen LogP contribution in [0, 0.1) is 0 Å². The number of amides is 1. The lowest BCUT2D eigenvalue weighted by molar-refractivity contribution is -0.139. The van der Waals surface area contributed by atoms with E-state index in [1.54, 1.807) is 12.7 Å². The second-order valence-corrected chi connectivity index (χ2v) is 5.34. The Labute approximate surface area is 125 Å². The Morgan fingerprint density at radius 1 is 1.24 bits per heavy atom. The van der Waals surface area contributed by atoms with Gasteiger partial charge in [0.15, 0.2) is 5.78 Å². The van der Waals surface area contributed by atoms with E-state index in [0.29, 0.717) is 19.4 Å². The molecule has 0 aromatic heterocycles. The summed E-state index contributed by atoms with van der Waals surface area (Å²) in [6, 6.07) is 9.47. The Bertz CT molecular complexity index is 498. The Morgan fingerprint density at radius 2 is 1.86 bits per heavy atom. The van der Waals surface area contributed by atoms with E-state index >= 15 is 0 Å². The topological polar surface area (TPSA) is 66.8 Å². The van der Waals surface area contributed by atoms with Crippen LogP contribution in [0.25, 0.3) is 0 Å². The molecule has 0 aliphatic carbocycles. The second kappa shape index (κ2) is 6.76. The zero-order valence-corrected chi connectivity index (χ0v) is 12.2. The first-order chi connectivity index (χ1) is 10.0. The summed E-state index contributed by atoms with van der Waals surface area (Å²) >= 11 is 0. The van der Waals surface area contributed by atoms with Crippen molar-refractivity contribution in [2.75, 3.05) is 13.1 Å². The molecule has 1 aliphatic rings. The van der Waals surface area contributed by atoms with E-state index < -0.39 is 11.7 Å². The number of likely N-dealkylation sites (tertiary alicyclic amines) is 1. The summed E-state index contributed by atoms with van der Waals surface area (Å²) in [6.45, 7) is 0.917. The molecule has 0 spiro atoms. The summed E-state index contributed by atoms with van der Waals surface area (Å²) in [4.78, 5) is 25.2. The first-order valence-corrected chi connectivity index (χ1v) is 7.26. The van der Waals surface area contributed by atoms with Gasteiger partial charge in [0.1, 0.15) is 20.1 Å². The van der Waals surface area contributed by atoms with Gasteiger partial charge in [0, 0.05) is 25.9 Å². The van der Waals surface area contributed by atoms with Gasteiger partial charge in [-0.2, -0.15) is 0 Å². The molecule has 1 amide bonds. The molecule has 2 rings (SSSR count). The number of Topliss-reactive ketones (excluding diaryl/α,β-unsaturated/α-hetero) is 1. The van der Waals surface area contributed by atoms with Gasteiger partial charge in [-0.3, -0.25) is 4.79 Å². The maximum absolute atomic E-state index is 12.0. The number of rotatable bonds is 4. The molecule has 1 aromatic carbocycles. The highest BCUT2D eigenvalue weighted by molar-refractivity contribution is 6.21. The molecule has 5 nitrogen and oxygen atoms in total. The van der Waals surface area contributed by atoms with Crippen LogP contribution in [-0.2, 0) is 16.1 Å². The van der Waals surface area contributed by atoms with Crippen molar-refractivity contribution >= 4 is 19.7 Å². The van der Waals surface area contributed by atoms with Gasteiger partial charge in [-0.25, -0.2) is 4.79 Å². The quantitative estimate of drug-likeness (QED) is 0.831. The number of aliphatic hydroxyl groups is 1. The second-order valence-electron chi connectivity index (χ2n) is 5.34. The van der Waals surface area contributed by atoms with Crippen LogP contribution < -0.4 is 0 Å². The van der Waals surface area contributed by atoms with Crippen molar-refractivity contribution in [2.24, 2.45) is 0 Å². The molecule has 6 heteroatoms. The molecular formula is C15H20BNO4. The van der Waals surface area contributed by atoms with Crippen molar-refractivity contribution in [3.05, 3.63) is 35.9 Å². The van der Waals surface area contributed by atoms with E-state index in [9.17, 15) is 14.7 Å². The van der Waals surface area contributed by atoms with Crippen molar-refractivity contribution in [3.8, 4) is 0 Å². The fourth-order valence-electron chi connectivity index (χ4n) is 2.48. The van der Waals surface area contributed by atoms with Crippen molar-refractivity contribution in [3.63, 3.8) is 0 Å². The van der Waals surface area contributed by atoms with Gasteiger partial charge in [-0.1, -0.05) is 30.3 Å². The molecule has 21 heavy (non-hydrogen) atoms. The lowest BCUT2D eigenvalue weighted by Gasteiger charge is -2.36. The maximum Gasteiger partial charge on any atom is 0.410 e. The van der Waals surface area contributed by atoms with E-state index in [4.69, 9.17) is 4.74 Å². The van der Waals surface area contributed by atoms with E-state index in [2.05, 4.69) is 0 Å². The molecule has 1 aromatic rings. The summed E-state index contributed by atoms with van der Waals surface area (Å²) in [7, 11) is 1.74. The third kappa shape index (κ3) is 3.85. The van der Waals surface area contributed by atoms with Gasteiger partial charge < -0.3 is 14.7 Å². The van der Waals surface area contributed by atoms with E-state index in [0.717, 1.165) is 5.56 Å². The SMILES string of the molecule is BCC(=O)C1(O)CCN(C(=O)OCc2ccccc2)CC1. The number of benzene rings is 1. The van der Waals surface area contributed by atoms with Gasteiger partial charge in [-0.15, -0.1) is 0 Å². The number of ether oxygens (including phenoxy) is 1. The van der Waals surface area contributed by atoms with Crippen LogP contribution in [0.1, 0.15) is 18.4 Å². The molecule has 0 unspecified atom stereocenters. The average molecular weight is 289 g/mol. The number of piperidine rings is 1.